The molecule has 0 saturated heterocycles. The van der Waals surface area contributed by atoms with Gasteiger partial charge in [-0.1, -0.05) is 20.3 Å². The average Bonchev–Trinajstić information content (AvgIpc) is 2.98. The molecular formula is C18H27N3O4S2. The van der Waals surface area contributed by atoms with Gasteiger partial charge in [-0.2, -0.15) is 11.8 Å². The number of nitrogens with zero attached hydrogens (tertiary/aromatic N) is 2. The predicted molar refractivity (Wildman–Crippen MR) is 108 cm³/mol. The van der Waals surface area contributed by atoms with Crippen LogP contribution in [0.15, 0.2) is 23.1 Å². The van der Waals surface area contributed by atoms with Gasteiger partial charge in [-0.25, -0.2) is 18.5 Å². The number of sulfonamides is 1. The number of benzene rings is 1. The first-order valence-corrected chi connectivity index (χ1v) is 11.8. The van der Waals surface area contributed by atoms with Gasteiger partial charge in [0, 0.05) is 11.8 Å². The second-order valence-corrected chi connectivity index (χ2v) is 9.06. The van der Waals surface area contributed by atoms with Crippen LogP contribution in [-0.2, 0) is 32.7 Å². The maximum atomic E-state index is 12.1. The first-order valence-electron chi connectivity index (χ1n) is 9.00. The molecule has 1 atom stereocenters. The van der Waals surface area contributed by atoms with E-state index >= 15 is 0 Å². The van der Waals surface area contributed by atoms with Gasteiger partial charge in [0.1, 0.15) is 12.4 Å². The summed E-state index contributed by atoms with van der Waals surface area (Å²) < 4.78 is 30.6. The number of ether oxygens (including phenoxy) is 1. The number of hydrogen-bond acceptors (Lipinski definition) is 6. The normalized spacial score (nSPS) is 13.0. The number of fused-ring (bicyclic) bond motifs is 1. The van der Waals surface area contributed by atoms with Crippen molar-refractivity contribution >= 4 is 38.8 Å². The van der Waals surface area contributed by atoms with Crippen molar-refractivity contribution in [3.05, 3.63) is 24.0 Å². The molecule has 0 aliphatic rings. The molecule has 1 aromatic heterocycles. The van der Waals surface area contributed by atoms with E-state index < -0.39 is 10.0 Å². The Hall–Kier alpha value is -1.58. The number of carbonyl (C=O) groups excluding carboxylic acids is 1. The van der Waals surface area contributed by atoms with Crippen molar-refractivity contribution in [3.8, 4) is 0 Å². The van der Waals surface area contributed by atoms with Crippen LogP contribution < -0.4 is 5.14 Å². The molecule has 9 heteroatoms. The number of imidazole rings is 1. The number of carbonyl (C=O) groups is 1. The van der Waals surface area contributed by atoms with E-state index in [1.807, 2.05) is 17.7 Å². The number of unbranched alkanes of at least 4 members (excludes halogenated alkanes) is 1. The summed E-state index contributed by atoms with van der Waals surface area (Å²) >= 11 is 1.65. The zero-order valence-electron chi connectivity index (χ0n) is 16.0. The Morgan fingerprint density at radius 1 is 1.37 bits per heavy atom. The Labute approximate surface area is 164 Å². The standard InChI is InChI=1S/C18H27N3O4S2/c1-4-6-9-21-16-8-7-14(27(19,23)24)11-15(16)20-17(21)12-25-18(22)10-13(5-2)26-3/h7-8,11,13H,4-6,9-10,12H2,1-3H3,(H2,19,23,24)/t13-/m1/s1. The number of primary sulfonamides is 1. The van der Waals surface area contributed by atoms with Crippen LogP contribution in [-0.4, -0.2) is 35.4 Å². The van der Waals surface area contributed by atoms with Gasteiger partial charge in [-0.15, -0.1) is 0 Å². The Kier molecular flexibility index (Phi) is 7.69. The van der Waals surface area contributed by atoms with E-state index in [2.05, 4.69) is 11.9 Å². The van der Waals surface area contributed by atoms with E-state index in [9.17, 15) is 13.2 Å². The lowest BCUT2D eigenvalue weighted by Crippen LogP contribution is -2.14. The molecule has 0 bridgehead atoms. The summed E-state index contributed by atoms with van der Waals surface area (Å²) in [6.45, 7) is 4.91. The van der Waals surface area contributed by atoms with Crippen molar-refractivity contribution in [1.29, 1.82) is 0 Å². The summed E-state index contributed by atoms with van der Waals surface area (Å²) in [5, 5.41) is 5.45. The third-order valence-electron chi connectivity index (χ3n) is 4.41. The summed E-state index contributed by atoms with van der Waals surface area (Å²) in [7, 11) is -3.80. The molecule has 27 heavy (non-hydrogen) atoms. The largest absolute Gasteiger partial charge is 0.457 e. The number of aryl methyl sites for hydroxylation is 1. The van der Waals surface area contributed by atoms with Crippen LogP contribution >= 0.6 is 11.8 Å². The zero-order chi connectivity index (χ0) is 20.0. The molecule has 2 aromatic rings. The molecule has 0 amide bonds. The molecule has 0 spiro atoms. The lowest BCUT2D eigenvalue weighted by Gasteiger charge is -2.12. The number of esters is 1. The number of hydrogen-bond donors (Lipinski definition) is 1. The topological polar surface area (TPSA) is 104 Å². The van der Waals surface area contributed by atoms with Crippen LogP contribution in [0.25, 0.3) is 11.0 Å². The Morgan fingerprint density at radius 2 is 2.11 bits per heavy atom. The highest BCUT2D eigenvalue weighted by Crippen LogP contribution is 2.22. The van der Waals surface area contributed by atoms with Crippen LogP contribution in [0.2, 0.25) is 0 Å². The lowest BCUT2D eigenvalue weighted by molar-refractivity contribution is -0.145. The maximum absolute atomic E-state index is 12.1. The lowest BCUT2D eigenvalue weighted by atomic mass is 10.2. The predicted octanol–water partition coefficient (Wildman–Crippen LogP) is 3.06. The highest BCUT2D eigenvalue weighted by atomic mass is 32.2. The summed E-state index contributed by atoms with van der Waals surface area (Å²) in [6, 6.07) is 4.63. The first kappa shape index (κ1) is 21.7. The van der Waals surface area contributed by atoms with Crippen molar-refractivity contribution in [2.75, 3.05) is 6.26 Å². The van der Waals surface area contributed by atoms with E-state index in [0.717, 1.165) is 31.3 Å². The van der Waals surface area contributed by atoms with Gasteiger partial charge in [-0.3, -0.25) is 4.79 Å². The maximum Gasteiger partial charge on any atom is 0.307 e. The van der Waals surface area contributed by atoms with Crippen molar-refractivity contribution < 1.29 is 17.9 Å². The van der Waals surface area contributed by atoms with Crippen molar-refractivity contribution in [2.24, 2.45) is 5.14 Å². The van der Waals surface area contributed by atoms with Crippen LogP contribution in [0.4, 0.5) is 0 Å². The quantitative estimate of drug-likeness (QED) is 0.600. The average molecular weight is 414 g/mol. The fourth-order valence-corrected chi connectivity index (χ4v) is 3.97. The fourth-order valence-electron chi connectivity index (χ4n) is 2.80. The summed E-state index contributed by atoms with van der Waals surface area (Å²) in [5.41, 5.74) is 1.33. The monoisotopic (exact) mass is 413 g/mol. The highest BCUT2D eigenvalue weighted by Gasteiger charge is 2.17. The van der Waals surface area contributed by atoms with Crippen LogP contribution in [0.1, 0.15) is 45.4 Å². The minimum atomic E-state index is -3.80. The van der Waals surface area contributed by atoms with Crippen molar-refractivity contribution in [2.45, 2.75) is 62.8 Å². The molecule has 7 nitrogen and oxygen atoms in total. The minimum absolute atomic E-state index is 0.0180. The van der Waals surface area contributed by atoms with E-state index in [4.69, 9.17) is 9.88 Å². The van der Waals surface area contributed by atoms with Gasteiger partial charge >= 0.3 is 5.97 Å². The van der Waals surface area contributed by atoms with Gasteiger partial charge in [0.2, 0.25) is 10.0 Å². The number of aromatic nitrogens is 2. The molecule has 150 valence electrons. The highest BCUT2D eigenvalue weighted by molar-refractivity contribution is 7.99. The summed E-state index contributed by atoms with van der Waals surface area (Å²) in [6.07, 6.45) is 5.19. The van der Waals surface area contributed by atoms with Gasteiger partial charge in [0.25, 0.3) is 0 Å². The summed E-state index contributed by atoms with van der Waals surface area (Å²) in [4.78, 5) is 16.6. The Balaban J connectivity index is 2.26. The molecule has 0 aliphatic heterocycles. The Morgan fingerprint density at radius 3 is 2.70 bits per heavy atom. The van der Waals surface area contributed by atoms with E-state index in [-0.39, 0.29) is 22.7 Å². The van der Waals surface area contributed by atoms with Gasteiger partial charge in [0.15, 0.2) is 0 Å². The summed E-state index contributed by atoms with van der Waals surface area (Å²) in [5.74, 6) is 0.353. The second kappa shape index (κ2) is 9.57. The van der Waals surface area contributed by atoms with Crippen LogP contribution in [0.3, 0.4) is 0 Å². The number of thioether (sulfide) groups is 1. The molecular weight excluding hydrogens is 386 g/mol. The van der Waals surface area contributed by atoms with Crippen LogP contribution in [0.5, 0.6) is 0 Å². The fraction of sp³-hybridized carbons (Fsp3) is 0.556. The SMILES string of the molecule is CCCCn1c(COC(=O)C[C@@H](CC)SC)nc2cc(S(N)(=O)=O)ccc21. The first-order chi connectivity index (χ1) is 12.8. The minimum Gasteiger partial charge on any atom is -0.457 e. The van der Waals surface area contributed by atoms with E-state index in [1.54, 1.807) is 17.8 Å². The van der Waals surface area contributed by atoms with Gasteiger partial charge in [-0.05, 0) is 37.3 Å². The van der Waals surface area contributed by atoms with Gasteiger partial charge in [0.05, 0.1) is 22.3 Å². The molecule has 1 heterocycles. The molecule has 0 fully saturated rings. The molecule has 0 saturated carbocycles. The van der Waals surface area contributed by atoms with Crippen molar-refractivity contribution in [1.82, 2.24) is 9.55 Å². The van der Waals surface area contributed by atoms with Crippen molar-refractivity contribution in [3.63, 3.8) is 0 Å². The Bertz CT molecular complexity index is 889. The van der Waals surface area contributed by atoms with Crippen LogP contribution in [0, 0.1) is 0 Å². The molecule has 0 radical (unpaired) electrons. The molecule has 2 N–H and O–H groups in total. The number of nitrogens with two attached hydrogens (primary N) is 1. The molecule has 1 aromatic carbocycles. The van der Waals surface area contributed by atoms with Gasteiger partial charge < -0.3 is 9.30 Å². The third kappa shape index (κ3) is 5.70. The molecule has 2 rings (SSSR count). The third-order valence-corrected chi connectivity index (χ3v) is 6.49. The number of rotatable bonds is 10. The van der Waals surface area contributed by atoms with E-state index in [0.29, 0.717) is 17.8 Å². The second-order valence-electron chi connectivity index (χ2n) is 6.36. The smallest absolute Gasteiger partial charge is 0.307 e. The molecule has 0 aliphatic carbocycles. The van der Waals surface area contributed by atoms with E-state index in [1.165, 1.54) is 12.1 Å². The zero-order valence-corrected chi connectivity index (χ0v) is 17.6. The molecule has 0 unspecified atom stereocenters.